The SMILES string of the molecule is O=C(CN1CCC[C@H](c2ccncc2)C1)Nc1ccc(Cl)cn1. The number of anilines is 1. The average molecular weight is 331 g/mol. The number of amides is 1. The molecule has 6 heteroatoms. The molecule has 0 aromatic carbocycles. The largest absolute Gasteiger partial charge is 0.310 e. The molecule has 1 fully saturated rings. The number of hydrogen-bond acceptors (Lipinski definition) is 4. The van der Waals surface area contributed by atoms with Gasteiger partial charge in [-0.3, -0.25) is 14.7 Å². The van der Waals surface area contributed by atoms with E-state index in [9.17, 15) is 4.79 Å². The van der Waals surface area contributed by atoms with Gasteiger partial charge in [-0.05, 0) is 55.1 Å². The molecule has 1 aliphatic rings. The van der Waals surface area contributed by atoms with Crippen LogP contribution >= 0.6 is 11.6 Å². The highest BCUT2D eigenvalue weighted by Gasteiger charge is 2.22. The van der Waals surface area contributed by atoms with E-state index >= 15 is 0 Å². The second kappa shape index (κ2) is 7.53. The minimum absolute atomic E-state index is 0.0461. The summed E-state index contributed by atoms with van der Waals surface area (Å²) in [6.07, 6.45) is 7.43. The lowest BCUT2D eigenvalue weighted by Crippen LogP contribution is -2.39. The molecule has 120 valence electrons. The zero-order chi connectivity index (χ0) is 16.1. The molecule has 1 saturated heterocycles. The van der Waals surface area contributed by atoms with Gasteiger partial charge in [-0.15, -0.1) is 0 Å². The molecule has 23 heavy (non-hydrogen) atoms. The highest BCUT2D eigenvalue weighted by Crippen LogP contribution is 2.26. The van der Waals surface area contributed by atoms with Crippen molar-refractivity contribution in [2.75, 3.05) is 25.0 Å². The van der Waals surface area contributed by atoms with Crippen LogP contribution in [0.2, 0.25) is 5.02 Å². The topological polar surface area (TPSA) is 58.1 Å². The summed E-state index contributed by atoms with van der Waals surface area (Å²) in [5.74, 6) is 0.950. The van der Waals surface area contributed by atoms with Crippen molar-refractivity contribution in [3.63, 3.8) is 0 Å². The second-order valence-electron chi connectivity index (χ2n) is 5.76. The molecule has 1 atom stereocenters. The molecule has 1 aliphatic heterocycles. The fourth-order valence-corrected chi connectivity index (χ4v) is 3.05. The first-order valence-electron chi connectivity index (χ1n) is 7.74. The summed E-state index contributed by atoms with van der Waals surface area (Å²) < 4.78 is 0. The van der Waals surface area contributed by atoms with Gasteiger partial charge in [0.25, 0.3) is 0 Å². The number of nitrogens with zero attached hydrogens (tertiary/aromatic N) is 3. The van der Waals surface area contributed by atoms with Gasteiger partial charge in [0.05, 0.1) is 11.6 Å². The third-order valence-electron chi connectivity index (χ3n) is 4.05. The molecule has 2 aromatic heterocycles. The Kier molecular flexibility index (Phi) is 5.20. The summed E-state index contributed by atoms with van der Waals surface area (Å²) >= 11 is 5.79. The van der Waals surface area contributed by atoms with Gasteiger partial charge in [0.2, 0.25) is 5.91 Å². The highest BCUT2D eigenvalue weighted by atomic mass is 35.5. The highest BCUT2D eigenvalue weighted by molar-refractivity contribution is 6.30. The van der Waals surface area contributed by atoms with Crippen molar-refractivity contribution in [3.8, 4) is 0 Å². The lowest BCUT2D eigenvalue weighted by Gasteiger charge is -2.32. The quantitative estimate of drug-likeness (QED) is 0.936. The summed E-state index contributed by atoms with van der Waals surface area (Å²) in [6, 6.07) is 7.54. The van der Waals surface area contributed by atoms with E-state index in [1.807, 2.05) is 12.4 Å². The molecule has 5 nitrogen and oxygen atoms in total. The standard InChI is InChI=1S/C17H19ClN4O/c18-15-3-4-16(20-10-15)21-17(23)12-22-9-1-2-14(11-22)13-5-7-19-8-6-13/h3-8,10,14H,1-2,9,11-12H2,(H,20,21,23)/t14-/m0/s1. The zero-order valence-electron chi connectivity index (χ0n) is 12.8. The molecule has 0 saturated carbocycles. The number of carbonyl (C=O) groups excluding carboxylic acids is 1. The monoisotopic (exact) mass is 330 g/mol. The van der Waals surface area contributed by atoms with Gasteiger partial charge >= 0.3 is 0 Å². The Hall–Kier alpha value is -1.98. The van der Waals surface area contributed by atoms with Crippen LogP contribution < -0.4 is 5.32 Å². The van der Waals surface area contributed by atoms with Gasteiger partial charge in [0, 0.05) is 25.1 Å². The number of pyridine rings is 2. The summed E-state index contributed by atoms with van der Waals surface area (Å²) in [5, 5.41) is 3.37. The van der Waals surface area contributed by atoms with Crippen LogP contribution in [0.15, 0.2) is 42.9 Å². The molecule has 0 aliphatic carbocycles. The first-order valence-corrected chi connectivity index (χ1v) is 8.12. The van der Waals surface area contributed by atoms with Crippen LogP contribution in [0, 0.1) is 0 Å². The van der Waals surface area contributed by atoms with E-state index in [1.54, 1.807) is 12.1 Å². The number of hydrogen-bond donors (Lipinski definition) is 1. The maximum Gasteiger partial charge on any atom is 0.239 e. The number of rotatable bonds is 4. The van der Waals surface area contributed by atoms with Gasteiger partial charge in [-0.2, -0.15) is 0 Å². The van der Waals surface area contributed by atoms with Crippen LogP contribution in [0.4, 0.5) is 5.82 Å². The summed E-state index contributed by atoms with van der Waals surface area (Å²) in [4.78, 5) is 22.5. The van der Waals surface area contributed by atoms with Crippen molar-refractivity contribution in [2.24, 2.45) is 0 Å². The minimum Gasteiger partial charge on any atom is -0.310 e. The van der Waals surface area contributed by atoms with Crippen molar-refractivity contribution in [2.45, 2.75) is 18.8 Å². The Labute approximate surface area is 140 Å². The van der Waals surface area contributed by atoms with Crippen LogP contribution in [-0.4, -0.2) is 40.4 Å². The third-order valence-corrected chi connectivity index (χ3v) is 4.27. The Bertz CT molecular complexity index is 647. The number of carbonyl (C=O) groups is 1. The predicted octanol–water partition coefficient (Wildman–Crippen LogP) is 2.95. The molecule has 0 bridgehead atoms. The second-order valence-corrected chi connectivity index (χ2v) is 6.20. The summed E-state index contributed by atoms with van der Waals surface area (Å²) in [5.41, 5.74) is 1.30. The average Bonchev–Trinajstić information content (AvgIpc) is 2.58. The molecule has 3 rings (SSSR count). The number of nitrogens with one attached hydrogen (secondary N) is 1. The smallest absolute Gasteiger partial charge is 0.239 e. The van der Waals surface area contributed by atoms with Crippen LogP contribution in [0.3, 0.4) is 0 Å². The molecule has 1 amide bonds. The van der Waals surface area contributed by atoms with Crippen LogP contribution in [0.25, 0.3) is 0 Å². The van der Waals surface area contributed by atoms with E-state index in [0.29, 0.717) is 23.3 Å². The maximum absolute atomic E-state index is 12.2. The fourth-order valence-electron chi connectivity index (χ4n) is 2.94. The Balaban J connectivity index is 1.55. The van der Waals surface area contributed by atoms with Crippen LogP contribution in [-0.2, 0) is 4.79 Å². The van der Waals surface area contributed by atoms with Crippen molar-refractivity contribution in [3.05, 3.63) is 53.4 Å². The van der Waals surface area contributed by atoms with Crippen LogP contribution in [0.1, 0.15) is 24.3 Å². The number of likely N-dealkylation sites (tertiary alicyclic amines) is 1. The van der Waals surface area contributed by atoms with Crippen molar-refractivity contribution >= 4 is 23.3 Å². The lowest BCUT2D eigenvalue weighted by molar-refractivity contribution is -0.117. The molecule has 3 heterocycles. The number of piperidine rings is 1. The van der Waals surface area contributed by atoms with E-state index in [0.717, 1.165) is 25.9 Å². The van der Waals surface area contributed by atoms with Gasteiger partial charge in [-0.1, -0.05) is 11.6 Å². The molecular formula is C17H19ClN4O. The Morgan fingerprint density at radius 2 is 2.13 bits per heavy atom. The van der Waals surface area contributed by atoms with Gasteiger partial charge in [0.1, 0.15) is 5.82 Å². The van der Waals surface area contributed by atoms with E-state index in [1.165, 1.54) is 11.8 Å². The lowest BCUT2D eigenvalue weighted by atomic mass is 9.91. The maximum atomic E-state index is 12.2. The van der Waals surface area contributed by atoms with Crippen LogP contribution in [0.5, 0.6) is 0 Å². The van der Waals surface area contributed by atoms with Gasteiger partial charge in [0.15, 0.2) is 0 Å². The molecule has 1 N–H and O–H groups in total. The predicted molar refractivity (Wildman–Crippen MR) is 90.5 cm³/mol. The van der Waals surface area contributed by atoms with E-state index < -0.39 is 0 Å². The molecule has 0 radical (unpaired) electrons. The number of halogens is 1. The Morgan fingerprint density at radius 3 is 2.87 bits per heavy atom. The molecular weight excluding hydrogens is 312 g/mol. The first-order chi connectivity index (χ1) is 11.2. The zero-order valence-corrected chi connectivity index (χ0v) is 13.5. The Morgan fingerprint density at radius 1 is 1.30 bits per heavy atom. The van der Waals surface area contributed by atoms with Crippen molar-refractivity contribution < 1.29 is 4.79 Å². The van der Waals surface area contributed by atoms with Gasteiger partial charge < -0.3 is 5.32 Å². The fraction of sp³-hybridized carbons (Fsp3) is 0.353. The first kappa shape index (κ1) is 15.9. The van der Waals surface area contributed by atoms with E-state index in [-0.39, 0.29) is 5.91 Å². The van der Waals surface area contributed by atoms with Crippen molar-refractivity contribution in [1.82, 2.24) is 14.9 Å². The molecule has 0 unspecified atom stereocenters. The summed E-state index contributed by atoms with van der Waals surface area (Å²) in [7, 11) is 0. The molecule has 2 aromatic rings. The number of aromatic nitrogens is 2. The van der Waals surface area contributed by atoms with E-state index in [4.69, 9.17) is 11.6 Å². The van der Waals surface area contributed by atoms with E-state index in [2.05, 4.69) is 32.3 Å². The normalized spacial score (nSPS) is 18.6. The van der Waals surface area contributed by atoms with Gasteiger partial charge in [-0.25, -0.2) is 4.98 Å². The minimum atomic E-state index is -0.0461. The summed E-state index contributed by atoms with van der Waals surface area (Å²) in [6.45, 7) is 2.22. The molecule has 0 spiro atoms. The third kappa shape index (κ3) is 4.50. The van der Waals surface area contributed by atoms with Crippen molar-refractivity contribution in [1.29, 1.82) is 0 Å².